The molecule has 1 atom stereocenters. The van der Waals surface area contributed by atoms with Crippen molar-refractivity contribution in [3.63, 3.8) is 0 Å². The molecule has 1 aliphatic rings. The van der Waals surface area contributed by atoms with E-state index in [0.717, 1.165) is 43.6 Å². The van der Waals surface area contributed by atoms with Crippen LogP contribution in [0.1, 0.15) is 50.3 Å². The van der Waals surface area contributed by atoms with E-state index in [-0.39, 0.29) is 6.10 Å². The van der Waals surface area contributed by atoms with Gasteiger partial charge in [-0.2, -0.15) is 0 Å². The van der Waals surface area contributed by atoms with Gasteiger partial charge in [-0.3, -0.25) is 0 Å². The Morgan fingerprint density at radius 1 is 1.25 bits per heavy atom. The fraction of sp³-hybridized carbons (Fsp3) is 0.647. The van der Waals surface area contributed by atoms with Gasteiger partial charge >= 0.3 is 0 Å². The molecule has 0 heterocycles. The van der Waals surface area contributed by atoms with Gasteiger partial charge in [0.05, 0.1) is 12.7 Å². The average Bonchev–Trinajstić information content (AvgIpc) is 2.43. The van der Waals surface area contributed by atoms with Crippen LogP contribution in [0.15, 0.2) is 18.2 Å². The highest BCUT2D eigenvalue weighted by atomic mass is 16.5. The largest absolute Gasteiger partial charge is 0.491 e. The first-order valence-electron chi connectivity index (χ1n) is 7.68. The van der Waals surface area contributed by atoms with Crippen molar-refractivity contribution in [2.24, 2.45) is 5.92 Å². The number of aliphatic hydroxyl groups excluding tert-OH is 1. The van der Waals surface area contributed by atoms with Gasteiger partial charge in [0, 0.05) is 6.61 Å². The Balaban J connectivity index is 1.75. The highest BCUT2D eigenvalue weighted by Crippen LogP contribution is 2.32. The van der Waals surface area contributed by atoms with E-state index in [4.69, 9.17) is 9.47 Å². The van der Waals surface area contributed by atoms with Gasteiger partial charge in [-0.1, -0.05) is 19.9 Å². The van der Waals surface area contributed by atoms with Crippen molar-refractivity contribution in [2.45, 2.75) is 45.6 Å². The maximum atomic E-state index is 10.00. The van der Waals surface area contributed by atoms with Crippen LogP contribution >= 0.6 is 0 Å². The van der Waals surface area contributed by atoms with E-state index in [1.54, 1.807) is 0 Å². The average molecular weight is 278 g/mol. The molecular formula is C17H26O3. The quantitative estimate of drug-likeness (QED) is 0.776. The summed E-state index contributed by atoms with van der Waals surface area (Å²) in [6.45, 7) is 6.36. The Labute approximate surface area is 121 Å². The summed E-state index contributed by atoms with van der Waals surface area (Å²) in [7, 11) is 0. The van der Waals surface area contributed by atoms with Gasteiger partial charge in [0.25, 0.3) is 0 Å². The lowest BCUT2D eigenvalue weighted by atomic mass is 9.89. The zero-order chi connectivity index (χ0) is 14.4. The Morgan fingerprint density at radius 2 is 2.10 bits per heavy atom. The lowest BCUT2D eigenvalue weighted by Crippen LogP contribution is -2.11. The van der Waals surface area contributed by atoms with Crippen LogP contribution < -0.4 is 4.74 Å². The maximum Gasteiger partial charge on any atom is 0.119 e. The number of hydrogen-bond donors (Lipinski definition) is 1. The summed E-state index contributed by atoms with van der Waals surface area (Å²) in [6.07, 6.45) is 3.74. The molecule has 1 aromatic carbocycles. The Kier molecular flexibility index (Phi) is 5.86. The van der Waals surface area contributed by atoms with Crippen molar-refractivity contribution in [1.82, 2.24) is 0 Å². The molecule has 0 radical (unpaired) electrons. The molecule has 3 nitrogen and oxygen atoms in total. The van der Waals surface area contributed by atoms with Crippen molar-refractivity contribution in [3.8, 4) is 5.75 Å². The lowest BCUT2D eigenvalue weighted by molar-refractivity contribution is 0.0923. The minimum Gasteiger partial charge on any atom is -0.491 e. The van der Waals surface area contributed by atoms with Crippen LogP contribution in [0.5, 0.6) is 5.75 Å². The van der Waals surface area contributed by atoms with E-state index in [1.165, 1.54) is 5.56 Å². The van der Waals surface area contributed by atoms with E-state index in [1.807, 2.05) is 12.1 Å². The summed E-state index contributed by atoms with van der Waals surface area (Å²) >= 11 is 0. The highest BCUT2D eigenvalue weighted by Gasteiger charge is 2.18. The van der Waals surface area contributed by atoms with Gasteiger partial charge in [0.2, 0.25) is 0 Å². The molecule has 1 unspecified atom stereocenters. The Hall–Kier alpha value is -1.06. The molecule has 2 rings (SSSR count). The van der Waals surface area contributed by atoms with E-state index in [0.29, 0.717) is 19.1 Å². The number of fused-ring (bicyclic) bond motifs is 1. The van der Waals surface area contributed by atoms with Gasteiger partial charge in [-0.15, -0.1) is 0 Å². The maximum absolute atomic E-state index is 10.00. The molecule has 1 aliphatic carbocycles. The number of aliphatic hydroxyl groups is 1. The van der Waals surface area contributed by atoms with Crippen molar-refractivity contribution < 1.29 is 14.6 Å². The SMILES string of the molecule is CC(C)CCOCCOc1ccc2c(c1)C(O)CCC2. The summed E-state index contributed by atoms with van der Waals surface area (Å²) in [6, 6.07) is 6.05. The minimum atomic E-state index is -0.329. The standard InChI is InChI=1S/C17H26O3/c1-13(2)8-9-19-10-11-20-15-7-6-14-4-3-5-17(18)16(14)12-15/h6-7,12-13,17-18H,3-5,8-11H2,1-2H3. The van der Waals surface area contributed by atoms with E-state index < -0.39 is 0 Å². The van der Waals surface area contributed by atoms with Crippen LogP contribution in [0.25, 0.3) is 0 Å². The van der Waals surface area contributed by atoms with Crippen molar-refractivity contribution >= 4 is 0 Å². The third kappa shape index (κ3) is 4.50. The summed E-state index contributed by atoms with van der Waals surface area (Å²) in [5.74, 6) is 1.51. The third-order valence-electron chi connectivity index (χ3n) is 3.74. The van der Waals surface area contributed by atoms with Crippen LogP contribution in [0.2, 0.25) is 0 Å². The monoisotopic (exact) mass is 278 g/mol. The molecule has 0 aromatic heterocycles. The molecule has 0 bridgehead atoms. The molecule has 0 fully saturated rings. The number of ether oxygens (including phenoxy) is 2. The van der Waals surface area contributed by atoms with Gasteiger partial charge in [0.15, 0.2) is 0 Å². The molecular weight excluding hydrogens is 252 g/mol. The fourth-order valence-electron chi connectivity index (χ4n) is 2.48. The van der Waals surface area contributed by atoms with E-state index in [9.17, 15) is 5.11 Å². The molecule has 0 amide bonds. The summed E-state index contributed by atoms with van der Waals surface area (Å²) < 4.78 is 11.2. The van der Waals surface area contributed by atoms with Crippen LogP contribution in [0.3, 0.4) is 0 Å². The molecule has 0 aliphatic heterocycles. The molecule has 20 heavy (non-hydrogen) atoms. The van der Waals surface area contributed by atoms with Crippen LogP contribution in [0.4, 0.5) is 0 Å². The van der Waals surface area contributed by atoms with Crippen molar-refractivity contribution in [1.29, 1.82) is 0 Å². The first-order chi connectivity index (χ1) is 9.66. The summed E-state index contributed by atoms with van der Waals surface area (Å²) in [4.78, 5) is 0. The second kappa shape index (κ2) is 7.65. The van der Waals surface area contributed by atoms with Gasteiger partial charge in [0.1, 0.15) is 12.4 Å². The molecule has 1 N–H and O–H groups in total. The van der Waals surface area contributed by atoms with Crippen LogP contribution in [-0.2, 0) is 11.2 Å². The van der Waals surface area contributed by atoms with Crippen LogP contribution in [-0.4, -0.2) is 24.9 Å². The number of hydrogen-bond acceptors (Lipinski definition) is 3. The zero-order valence-corrected chi connectivity index (χ0v) is 12.6. The number of benzene rings is 1. The third-order valence-corrected chi connectivity index (χ3v) is 3.74. The second-order valence-electron chi connectivity index (χ2n) is 5.91. The number of rotatable bonds is 7. The molecule has 3 heteroatoms. The molecule has 112 valence electrons. The van der Waals surface area contributed by atoms with Gasteiger partial charge in [-0.05, 0) is 54.9 Å². The molecule has 0 spiro atoms. The number of aryl methyl sites for hydroxylation is 1. The molecule has 0 saturated carbocycles. The first kappa shape index (κ1) is 15.3. The fourth-order valence-corrected chi connectivity index (χ4v) is 2.48. The van der Waals surface area contributed by atoms with Gasteiger partial charge < -0.3 is 14.6 Å². The van der Waals surface area contributed by atoms with Crippen molar-refractivity contribution in [3.05, 3.63) is 29.3 Å². The zero-order valence-electron chi connectivity index (χ0n) is 12.6. The normalized spacial score (nSPS) is 18.1. The van der Waals surface area contributed by atoms with Crippen molar-refractivity contribution in [2.75, 3.05) is 19.8 Å². The van der Waals surface area contributed by atoms with E-state index in [2.05, 4.69) is 19.9 Å². The summed E-state index contributed by atoms with van der Waals surface area (Å²) in [5, 5.41) is 10.00. The smallest absolute Gasteiger partial charge is 0.119 e. The lowest BCUT2D eigenvalue weighted by Gasteiger charge is -2.22. The summed E-state index contributed by atoms with van der Waals surface area (Å²) in [5.41, 5.74) is 2.29. The van der Waals surface area contributed by atoms with E-state index >= 15 is 0 Å². The van der Waals surface area contributed by atoms with Crippen LogP contribution in [0, 0.1) is 5.92 Å². The molecule has 1 aromatic rings. The Bertz CT molecular complexity index is 415. The second-order valence-corrected chi connectivity index (χ2v) is 5.91. The Morgan fingerprint density at radius 3 is 2.90 bits per heavy atom. The minimum absolute atomic E-state index is 0.329. The molecule has 0 saturated heterocycles. The predicted molar refractivity (Wildman–Crippen MR) is 80.1 cm³/mol. The first-order valence-corrected chi connectivity index (χ1v) is 7.68. The van der Waals surface area contributed by atoms with Gasteiger partial charge in [-0.25, -0.2) is 0 Å². The predicted octanol–water partition coefficient (Wildman–Crippen LogP) is 3.50. The topological polar surface area (TPSA) is 38.7 Å². The highest BCUT2D eigenvalue weighted by molar-refractivity contribution is 5.38.